The Morgan fingerprint density at radius 3 is 2.88 bits per heavy atom. The first kappa shape index (κ1) is 15.8. The maximum atomic E-state index is 12.1. The molecule has 2 heterocycles. The molecule has 2 aromatic carbocycles. The minimum absolute atomic E-state index is 0.185. The van der Waals surface area contributed by atoms with Gasteiger partial charge in [0.2, 0.25) is 0 Å². The number of aryl methyl sites for hydroxylation is 1. The number of urea groups is 1. The lowest BCUT2D eigenvalue weighted by Crippen LogP contribution is -2.30. The normalized spacial score (nSPS) is 14.3. The van der Waals surface area contributed by atoms with E-state index in [2.05, 4.69) is 16.7 Å². The van der Waals surface area contributed by atoms with Crippen molar-refractivity contribution in [2.24, 2.45) is 0 Å². The second-order valence-corrected chi connectivity index (χ2v) is 6.46. The molecule has 2 aromatic rings. The summed E-state index contributed by atoms with van der Waals surface area (Å²) in [6.07, 6.45) is 2.59. The van der Waals surface area contributed by atoms with E-state index < -0.39 is 0 Å². The standard InChI is InChI=1S/C20H22N2O3/c1-13-4-2-3-5-17(13)22-20(23)21-9-6-16-15-8-11-24-18(15)12-14-7-10-25-19(14)16/h2-5,12H,6-11H2,1H3,(H2,21,22,23). The van der Waals surface area contributed by atoms with Crippen molar-refractivity contribution in [2.45, 2.75) is 26.2 Å². The lowest BCUT2D eigenvalue weighted by molar-refractivity contribution is 0.252. The molecule has 2 amide bonds. The lowest BCUT2D eigenvalue weighted by Gasteiger charge is -2.14. The number of fused-ring (bicyclic) bond motifs is 2. The van der Waals surface area contributed by atoms with Crippen molar-refractivity contribution >= 4 is 11.7 Å². The van der Waals surface area contributed by atoms with Gasteiger partial charge in [-0.3, -0.25) is 0 Å². The zero-order chi connectivity index (χ0) is 17.2. The molecule has 0 aromatic heterocycles. The number of anilines is 1. The summed E-state index contributed by atoms with van der Waals surface area (Å²) in [4.78, 5) is 12.1. The molecule has 0 saturated heterocycles. The molecule has 0 atom stereocenters. The summed E-state index contributed by atoms with van der Waals surface area (Å²) in [6, 6.07) is 9.68. The van der Waals surface area contributed by atoms with Crippen molar-refractivity contribution in [3.63, 3.8) is 0 Å². The molecule has 2 N–H and O–H groups in total. The summed E-state index contributed by atoms with van der Waals surface area (Å²) in [6.45, 7) is 3.99. The zero-order valence-electron chi connectivity index (χ0n) is 14.4. The van der Waals surface area contributed by atoms with Crippen LogP contribution in [-0.2, 0) is 19.3 Å². The SMILES string of the molecule is Cc1ccccc1NC(=O)NCCc1c2c(cc3c1OCC3)OCC2. The van der Waals surface area contributed by atoms with Gasteiger partial charge >= 0.3 is 6.03 Å². The fraction of sp³-hybridized carbons (Fsp3) is 0.350. The van der Waals surface area contributed by atoms with Crippen LogP contribution < -0.4 is 20.1 Å². The molecular weight excluding hydrogens is 316 g/mol. The van der Waals surface area contributed by atoms with Gasteiger partial charge in [0, 0.05) is 41.8 Å². The van der Waals surface area contributed by atoms with Gasteiger partial charge in [0.05, 0.1) is 13.2 Å². The molecule has 2 aliphatic rings. The minimum atomic E-state index is -0.185. The van der Waals surface area contributed by atoms with Crippen LogP contribution >= 0.6 is 0 Å². The summed E-state index contributed by atoms with van der Waals surface area (Å²) in [5.41, 5.74) is 5.53. The summed E-state index contributed by atoms with van der Waals surface area (Å²) in [5, 5.41) is 5.84. The fourth-order valence-corrected chi connectivity index (χ4v) is 3.53. The molecule has 0 saturated carbocycles. The van der Waals surface area contributed by atoms with E-state index in [0.717, 1.165) is 55.2 Å². The van der Waals surface area contributed by atoms with Gasteiger partial charge in [0.15, 0.2) is 0 Å². The van der Waals surface area contributed by atoms with Crippen LogP contribution in [0, 0.1) is 6.92 Å². The van der Waals surface area contributed by atoms with E-state index >= 15 is 0 Å². The van der Waals surface area contributed by atoms with Gasteiger partial charge in [-0.1, -0.05) is 18.2 Å². The van der Waals surface area contributed by atoms with Gasteiger partial charge in [0.25, 0.3) is 0 Å². The van der Waals surface area contributed by atoms with E-state index in [0.29, 0.717) is 6.54 Å². The number of hydrogen-bond donors (Lipinski definition) is 2. The number of nitrogens with one attached hydrogen (secondary N) is 2. The number of rotatable bonds is 4. The lowest BCUT2D eigenvalue weighted by atomic mass is 9.97. The summed E-state index contributed by atoms with van der Waals surface area (Å²) in [7, 11) is 0. The maximum Gasteiger partial charge on any atom is 0.319 e. The van der Waals surface area contributed by atoms with E-state index in [1.165, 1.54) is 16.7 Å². The first-order valence-corrected chi connectivity index (χ1v) is 8.76. The van der Waals surface area contributed by atoms with Gasteiger partial charge in [0.1, 0.15) is 11.5 Å². The third kappa shape index (κ3) is 3.14. The second kappa shape index (κ2) is 6.67. The Hall–Kier alpha value is -2.69. The number of ether oxygens (including phenoxy) is 2. The third-order valence-electron chi connectivity index (χ3n) is 4.81. The van der Waals surface area contributed by atoms with Crippen LogP contribution in [0.2, 0.25) is 0 Å². The number of carbonyl (C=O) groups is 1. The van der Waals surface area contributed by atoms with Gasteiger partial charge in [-0.05, 0) is 31.0 Å². The van der Waals surface area contributed by atoms with Crippen LogP contribution in [0.25, 0.3) is 0 Å². The van der Waals surface area contributed by atoms with Crippen molar-refractivity contribution < 1.29 is 14.3 Å². The Kier molecular flexibility index (Phi) is 4.22. The predicted molar refractivity (Wildman–Crippen MR) is 96.7 cm³/mol. The van der Waals surface area contributed by atoms with Crippen molar-refractivity contribution in [1.29, 1.82) is 0 Å². The fourth-order valence-electron chi connectivity index (χ4n) is 3.53. The Bertz CT molecular complexity index is 785. The van der Waals surface area contributed by atoms with Crippen LogP contribution in [-0.4, -0.2) is 25.8 Å². The quantitative estimate of drug-likeness (QED) is 0.900. The van der Waals surface area contributed by atoms with Gasteiger partial charge in [-0.15, -0.1) is 0 Å². The van der Waals surface area contributed by atoms with E-state index in [1.54, 1.807) is 0 Å². The van der Waals surface area contributed by atoms with Crippen LogP contribution in [0.1, 0.15) is 22.3 Å². The van der Waals surface area contributed by atoms with Crippen molar-refractivity contribution in [2.75, 3.05) is 25.1 Å². The van der Waals surface area contributed by atoms with Gasteiger partial charge < -0.3 is 20.1 Å². The highest BCUT2D eigenvalue weighted by Crippen LogP contribution is 2.40. The van der Waals surface area contributed by atoms with E-state index in [1.807, 2.05) is 31.2 Å². The second-order valence-electron chi connectivity index (χ2n) is 6.46. The number of carbonyl (C=O) groups excluding carboxylic acids is 1. The van der Waals surface area contributed by atoms with Crippen molar-refractivity contribution in [1.82, 2.24) is 5.32 Å². The van der Waals surface area contributed by atoms with Crippen LogP contribution in [0.15, 0.2) is 30.3 Å². The van der Waals surface area contributed by atoms with Gasteiger partial charge in [-0.25, -0.2) is 4.79 Å². The molecule has 5 heteroatoms. The largest absolute Gasteiger partial charge is 0.493 e. The molecule has 0 spiro atoms. The molecule has 0 unspecified atom stereocenters. The topological polar surface area (TPSA) is 59.6 Å². The molecule has 0 aliphatic carbocycles. The molecule has 0 bridgehead atoms. The smallest absolute Gasteiger partial charge is 0.319 e. The van der Waals surface area contributed by atoms with E-state index in [9.17, 15) is 4.79 Å². The summed E-state index contributed by atoms with van der Waals surface area (Å²) >= 11 is 0. The molecule has 0 fully saturated rings. The minimum Gasteiger partial charge on any atom is -0.493 e. The number of para-hydroxylation sites is 1. The Balaban J connectivity index is 1.41. The van der Waals surface area contributed by atoms with Crippen LogP contribution in [0.4, 0.5) is 10.5 Å². The molecule has 5 nitrogen and oxygen atoms in total. The summed E-state index contributed by atoms with van der Waals surface area (Å²) in [5.74, 6) is 1.99. The number of amides is 2. The van der Waals surface area contributed by atoms with E-state index in [-0.39, 0.29) is 6.03 Å². The Morgan fingerprint density at radius 2 is 2.00 bits per heavy atom. The average Bonchev–Trinajstić information content (AvgIpc) is 3.25. The molecule has 25 heavy (non-hydrogen) atoms. The van der Waals surface area contributed by atoms with Crippen molar-refractivity contribution in [3.05, 3.63) is 52.6 Å². The highest BCUT2D eigenvalue weighted by Gasteiger charge is 2.26. The molecular formula is C20H22N2O3. The Morgan fingerprint density at radius 1 is 1.16 bits per heavy atom. The molecule has 2 aliphatic heterocycles. The number of hydrogen-bond acceptors (Lipinski definition) is 3. The van der Waals surface area contributed by atoms with E-state index in [4.69, 9.17) is 9.47 Å². The summed E-state index contributed by atoms with van der Waals surface area (Å²) < 4.78 is 11.6. The Labute approximate surface area is 147 Å². The molecule has 4 rings (SSSR count). The van der Waals surface area contributed by atoms with Crippen LogP contribution in [0.5, 0.6) is 11.5 Å². The molecule has 130 valence electrons. The zero-order valence-corrected chi connectivity index (χ0v) is 14.4. The predicted octanol–water partition coefficient (Wildman–Crippen LogP) is 3.23. The average molecular weight is 338 g/mol. The first-order chi connectivity index (χ1) is 12.2. The van der Waals surface area contributed by atoms with Crippen molar-refractivity contribution in [3.8, 4) is 11.5 Å². The third-order valence-corrected chi connectivity index (χ3v) is 4.81. The monoisotopic (exact) mass is 338 g/mol. The highest BCUT2D eigenvalue weighted by atomic mass is 16.5. The number of benzene rings is 2. The maximum absolute atomic E-state index is 12.1. The van der Waals surface area contributed by atoms with Gasteiger partial charge in [-0.2, -0.15) is 0 Å². The van der Waals surface area contributed by atoms with Crippen LogP contribution in [0.3, 0.4) is 0 Å². The molecule has 0 radical (unpaired) electrons. The highest BCUT2D eigenvalue weighted by molar-refractivity contribution is 5.90. The first-order valence-electron chi connectivity index (χ1n) is 8.76.